The highest BCUT2D eigenvalue weighted by Crippen LogP contribution is 2.22. The Morgan fingerprint density at radius 2 is 2.33 bits per heavy atom. The first-order valence-electron chi connectivity index (χ1n) is 3.85. The van der Waals surface area contributed by atoms with Crippen LogP contribution in [-0.4, -0.2) is 24.9 Å². The lowest BCUT2D eigenvalue weighted by atomic mass is 10.4. The van der Waals surface area contributed by atoms with Crippen LogP contribution < -0.4 is 0 Å². The minimum absolute atomic E-state index is 0.260. The number of hydrogen-bond acceptors (Lipinski definition) is 5. The number of rotatable bonds is 2. The molecule has 0 N–H and O–H groups in total. The van der Waals surface area contributed by atoms with Gasteiger partial charge in [-0.25, -0.2) is 4.68 Å². The summed E-state index contributed by atoms with van der Waals surface area (Å²) in [5.74, 6) is -0.260. The Morgan fingerprint density at radius 3 is 2.93 bits per heavy atom. The van der Waals surface area contributed by atoms with E-state index >= 15 is 0 Å². The third-order valence-corrected chi connectivity index (χ3v) is 2.09. The monoisotopic (exact) mass is 269 g/mol. The van der Waals surface area contributed by atoms with E-state index in [1.807, 2.05) is 0 Å². The standard InChI is InChI=1S/C7H4BrN5O2/c8-5-3-6(12-2-1-10-11-12)7(9-4-5)13(14)15/h1-4H. The van der Waals surface area contributed by atoms with E-state index in [0.717, 1.165) is 0 Å². The fourth-order valence-corrected chi connectivity index (χ4v) is 1.39. The highest BCUT2D eigenvalue weighted by atomic mass is 79.9. The van der Waals surface area contributed by atoms with Crippen LogP contribution >= 0.6 is 15.9 Å². The van der Waals surface area contributed by atoms with Gasteiger partial charge in [-0.3, -0.25) is 0 Å². The van der Waals surface area contributed by atoms with Gasteiger partial charge in [0.2, 0.25) is 0 Å². The van der Waals surface area contributed by atoms with Crippen molar-refractivity contribution in [3.8, 4) is 5.69 Å². The Labute approximate surface area is 92.0 Å². The number of aromatic nitrogens is 4. The topological polar surface area (TPSA) is 86.7 Å². The molecule has 0 atom stereocenters. The Balaban J connectivity index is 2.63. The molecule has 0 radical (unpaired) electrons. The van der Waals surface area contributed by atoms with Gasteiger partial charge in [0.1, 0.15) is 0 Å². The summed E-state index contributed by atoms with van der Waals surface area (Å²) in [7, 11) is 0. The number of hydrogen-bond donors (Lipinski definition) is 0. The van der Waals surface area contributed by atoms with Crippen molar-refractivity contribution >= 4 is 21.7 Å². The minimum atomic E-state index is -0.566. The van der Waals surface area contributed by atoms with E-state index < -0.39 is 4.92 Å². The molecule has 2 aromatic heterocycles. The predicted octanol–water partition coefficient (Wildman–Crippen LogP) is 1.33. The van der Waals surface area contributed by atoms with Crippen molar-refractivity contribution in [2.75, 3.05) is 0 Å². The second-order valence-corrected chi connectivity index (χ2v) is 3.52. The molecule has 7 nitrogen and oxygen atoms in total. The van der Waals surface area contributed by atoms with Crippen molar-refractivity contribution in [1.82, 2.24) is 20.0 Å². The first-order valence-corrected chi connectivity index (χ1v) is 4.64. The average Bonchev–Trinajstić information content (AvgIpc) is 2.69. The lowest BCUT2D eigenvalue weighted by Gasteiger charge is -2.00. The largest absolute Gasteiger partial charge is 0.389 e. The van der Waals surface area contributed by atoms with E-state index in [1.54, 1.807) is 6.07 Å². The maximum atomic E-state index is 10.7. The molecule has 0 aliphatic rings. The summed E-state index contributed by atoms with van der Waals surface area (Å²) < 4.78 is 1.93. The third-order valence-electron chi connectivity index (χ3n) is 1.66. The molecule has 8 heteroatoms. The molecule has 2 rings (SSSR count). The molecule has 0 aromatic carbocycles. The second-order valence-electron chi connectivity index (χ2n) is 2.60. The summed E-state index contributed by atoms with van der Waals surface area (Å²) in [4.78, 5) is 13.8. The van der Waals surface area contributed by atoms with Gasteiger partial charge in [-0.05, 0) is 31.9 Å². The third kappa shape index (κ3) is 1.84. The molecule has 0 amide bonds. The van der Waals surface area contributed by atoms with Crippen LogP contribution in [0.1, 0.15) is 0 Å². The molecule has 2 aromatic rings. The van der Waals surface area contributed by atoms with Crippen LogP contribution in [0, 0.1) is 10.1 Å². The van der Waals surface area contributed by atoms with Crippen molar-refractivity contribution in [1.29, 1.82) is 0 Å². The van der Waals surface area contributed by atoms with Crippen molar-refractivity contribution in [3.63, 3.8) is 0 Å². The summed E-state index contributed by atoms with van der Waals surface area (Å²) in [6.07, 6.45) is 4.31. The van der Waals surface area contributed by atoms with Crippen LogP contribution in [0.25, 0.3) is 5.69 Å². The maximum absolute atomic E-state index is 10.7. The van der Waals surface area contributed by atoms with E-state index in [1.165, 1.54) is 23.3 Å². The molecule has 2 heterocycles. The van der Waals surface area contributed by atoms with Crippen LogP contribution in [0.2, 0.25) is 0 Å². The molecule has 0 fully saturated rings. The van der Waals surface area contributed by atoms with Crippen LogP contribution in [0.15, 0.2) is 29.1 Å². The van der Waals surface area contributed by atoms with Crippen molar-refractivity contribution in [2.24, 2.45) is 0 Å². The fraction of sp³-hybridized carbons (Fsp3) is 0. The smallest absolute Gasteiger partial charge is 0.358 e. The lowest BCUT2D eigenvalue weighted by molar-refractivity contribution is -0.389. The minimum Gasteiger partial charge on any atom is -0.358 e. The molecule has 15 heavy (non-hydrogen) atoms. The molecule has 0 saturated carbocycles. The Kier molecular flexibility index (Phi) is 2.42. The zero-order valence-corrected chi connectivity index (χ0v) is 8.83. The quantitative estimate of drug-likeness (QED) is 0.606. The normalized spacial score (nSPS) is 10.2. The van der Waals surface area contributed by atoms with Gasteiger partial charge in [-0.1, -0.05) is 5.21 Å². The zero-order valence-electron chi connectivity index (χ0n) is 7.24. The van der Waals surface area contributed by atoms with E-state index in [4.69, 9.17) is 0 Å². The van der Waals surface area contributed by atoms with E-state index in [-0.39, 0.29) is 11.5 Å². The average molecular weight is 270 g/mol. The van der Waals surface area contributed by atoms with Gasteiger partial charge in [0.25, 0.3) is 0 Å². The second kappa shape index (κ2) is 3.73. The van der Waals surface area contributed by atoms with Crippen molar-refractivity contribution in [3.05, 3.63) is 39.2 Å². The van der Waals surface area contributed by atoms with Gasteiger partial charge in [0.05, 0.1) is 16.9 Å². The predicted molar refractivity (Wildman–Crippen MR) is 53.5 cm³/mol. The molecular weight excluding hydrogens is 266 g/mol. The van der Waals surface area contributed by atoms with E-state index in [0.29, 0.717) is 4.47 Å². The van der Waals surface area contributed by atoms with Gasteiger partial charge < -0.3 is 10.1 Å². The first kappa shape index (κ1) is 9.71. The van der Waals surface area contributed by atoms with Crippen molar-refractivity contribution in [2.45, 2.75) is 0 Å². The van der Waals surface area contributed by atoms with Gasteiger partial charge in [0.15, 0.2) is 11.9 Å². The first-order chi connectivity index (χ1) is 7.18. The van der Waals surface area contributed by atoms with Crippen LogP contribution in [0.5, 0.6) is 0 Å². The number of halogens is 1. The van der Waals surface area contributed by atoms with Gasteiger partial charge in [-0.15, -0.1) is 5.10 Å². The van der Waals surface area contributed by atoms with Crippen LogP contribution in [0.3, 0.4) is 0 Å². The van der Waals surface area contributed by atoms with E-state index in [2.05, 4.69) is 31.2 Å². The van der Waals surface area contributed by atoms with Gasteiger partial charge >= 0.3 is 5.82 Å². The summed E-state index contributed by atoms with van der Waals surface area (Å²) >= 11 is 3.18. The molecular formula is C7H4BrN5O2. The summed E-state index contributed by atoms with van der Waals surface area (Å²) in [6.45, 7) is 0. The Morgan fingerprint density at radius 1 is 1.53 bits per heavy atom. The maximum Gasteiger partial charge on any atom is 0.389 e. The van der Waals surface area contributed by atoms with E-state index in [9.17, 15) is 10.1 Å². The number of nitrogens with zero attached hydrogens (tertiary/aromatic N) is 5. The lowest BCUT2D eigenvalue weighted by Crippen LogP contribution is -2.03. The van der Waals surface area contributed by atoms with Crippen LogP contribution in [-0.2, 0) is 0 Å². The van der Waals surface area contributed by atoms with Gasteiger partial charge in [0, 0.05) is 0 Å². The molecule has 0 spiro atoms. The Bertz CT molecular complexity index is 498. The van der Waals surface area contributed by atoms with Gasteiger partial charge in [-0.2, -0.15) is 0 Å². The molecule has 0 unspecified atom stereocenters. The summed E-state index contributed by atoms with van der Waals surface area (Å²) in [5.41, 5.74) is 0.270. The number of pyridine rings is 1. The fourth-order valence-electron chi connectivity index (χ4n) is 1.07. The zero-order chi connectivity index (χ0) is 10.8. The summed E-state index contributed by atoms with van der Waals surface area (Å²) in [6, 6.07) is 1.56. The highest BCUT2D eigenvalue weighted by Gasteiger charge is 2.17. The molecule has 0 bridgehead atoms. The molecule has 76 valence electrons. The number of nitro groups is 1. The highest BCUT2D eigenvalue weighted by molar-refractivity contribution is 9.10. The summed E-state index contributed by atoms with van der Waals surface area (Å²) in [5, 5.41) is 17.9. The molecule has 0 aliphatic heterocycles. The Hall–Kier alpha value is -1.83. The molecule has 0 saturated heterocycles. The van der Waals surface area contributed by atoms with Crippen LogP contribution in [0.4, 0.5) is 5.82 Å². The SMILES string of the molecule is O=[N+]([O-])c1ncc(Br)cc1-n1ccnn1. The molecule has 0 aliphatic carbocycles. The van der Waals surface area contributed by atoms with Crippen molar-refractivity contribution < 1.29 is 4.92 Å².